The van der Waals surface area contributed by atoms with E-state index < -0.39 is 5.97 Å². The Morgan fingerprint density at radius 3 is 2.36 bits per heavy atom. The van der Waals surface area contributed by atoms with Crippen LogP contribution in [0.15, 0.2) is 12.1 Å². The molecule has 1 heterocycles. The van der Waals surface area contributed by atoms with Crippen molar-refractivity contribution in [1.29, 1.82) is 0 Å². The second kappa shape index (κ2) is 10.8. The van der Waals surface area contributed by atoms with Crippen molar-refractivity contribution in [2.45, 2.75) is 38.7 Å². The lowest BCUT2D eigenvalue weighted by atomic mass is 9.88. The maximum Gasteiger partial charge on any atom is 0.340 e. The van der Waals surface area contributed by atoms with Gasteiger partial charge in [0.15, 0.2) is 23.9 Å². The van der Waals surface area contributed by atoms with Gasteiger partial charge in [0.25, 0.3) is 0 Å². The highest BCUT2D eigenvalue weighted by Crippen LogP contribution is 2.35. The number of nitrogens with one attached hydrogen (secondary N) is 1. The largest absolute Gasteiger partial charge is 0.493 e. The number of carbonyl (C=O) groups excluding carboxylic acids is 2. The molecule has 3 N–H and O–H groups in total. The summed E-state index contributed by atoms with van der Waals surface area (Å²) in [5.41, 5.74) is 6.15. The van der Waals surface area contributed by atoms with Gasteiger partial charge in [0.1, 0.15) is 0 Å². The van der Waals surface area contributed by atoms with Crippen molar-refractivity contribution < 1.29 is 23.8 Å². The zero-order chi connectivity index (χ0) is 24.0. The van der Waals surface area contributed by atoms with Gasteiger partial charge in [-0.05, 0) is 12.8 Å². The maximum absolute atomic E-state index is 13.0. The number of ether oxygens (including phenoxy) is 3. The van der Waals surface area contributed by atoms with Crippen LogP contribution in [0.1, 0.15) is 48.3 Å². The first kappa shape index (κ1) is 24.0. The summed E-state index contributed by atoms with van der Waals surface area (Å²) in [6.07, 6.45) is 4.82. The molecule has 2 aromatic rings. The minimum absolute atomic E-state index is 0.0197. The quantitative estimate of drug-likeness (QED) is 0.566. The molecule has 1 fully saturated rings. The van der Waals surface area contributed by atoms with Crippen molar-refractivity contribution in [1.82, 2.24) is 15.0 Å². The van der Waals surface area contributed by atoms with Crippen LogP contribution in [0.4, 0.5) is 17.6 Å². The van der Waals surface area contributed by atoms with Crippen molar-refractivity contribution >= 4 is 29.5 Å². The van der Waals surface area contributed by atoms with Crippen LogP contribution in [0.2, 0.25) is 0 Å². The van der Waals surface area contributed by atoms with Crippen LogP contribution in [-0.4, -0.2) is 55.1 Å². The molecule has 0 saturated heterocycles. The van der Waals surface area contributed by atoms with Crippen molar-refractivity contribution in [2.75, 3.05) is 44.3 Å². The Balaban J connectivity index is 1.83. The van der Waals surface area contributed by atoms with Crippen LogP contribution in [0.5, 0.6) is 11.5 Å². The van der Waals surface area contributed by atoms with E-state index in [-0.39, 0.29) is 41.5 Å². The standard InChI is InChI=1S/C22H30N6O5/c1-28(2)22-26-18(25-21(23)27-22)12-33-20(30)14-10-16(31-3)17(32-4)11-15(14)24-19(29)13-8-6-5-7-9-13/h10-11,13H,5-9,12H2,1-4H3,(H,24,29)(H2,23,25,26,27). The fourth-order valence-corrected chi connectivity index (χ4v) is 3.65. The lowest BCUT2D eigenvalue weighted by Crippen LogP contribution is -2.26. The number of hydrogen-bond donors (Lipinski definition) is 2. The minimum atomic E-state index is -0.680. The highest BCUT2D eigenvalue weighted by atomic mass is 16.5. The van der Waals surface area contributed by atoms with Gasteiger partial charge in [-0.1, -0.05) is 19.3 Å². The topological polar surface area (TPSA) is 142 Å². The average Bonchev–Trinajstić information content (AvgIpc) is 2.82. The predicted octanol–water partition coefficient (Wildman–Crippen LogP) is 2.41. The summed E-state index contributed by atoms with van der Waals surface area (Å²) in [5.74, 6) is 0.387. The van der Waals surface area contributed by atoms with Crippen molar-refractivity contribution in [3.05, 3.63) is 23.5 Å². The van der Waals surface area contributed by atoms with E-state index in [4.69, 9.17) is 19.9 Å². The molecule has 11 heteroatoms. The molecule has 0 aliphatic heterocycles. The highest BCUT2D eigenvalue weighted by molar-refractivity contribution is 6.02. The van der Waals surface area contributed by atoms with Crippen LogP contribution < -0.4 is 25.4 Å². The number of rotatable bonds is 8. The number of benzene rings is 1. The lowest BCUT2D eigenvalue weighted by molar-refractivity contribution is -0.120. The molecule has 0 bridgehead atoms. The van der Waals surface area contributed by atoms with Crippen molar-refractivity contribution in [3.63, 3.8) is 0 Å². The Morgan fingerprint density at radius 1 is 1.06 bits per heavy atom. The molecule has 0 spiro atoms. The van der Waals surface area contributed by atoms with E-state index >= 15 is 0 Å². The van der Waals surface area contributed by atoms with Gasteiger partial charge in [-0.3, -0.25) is 4.79 Å². The second-order valence-corrected chi connectivity index (χ2v) is 7.96. The summed E-state index contributed by atoms with van der Waals surface area (Å²) in [6, 6.07) is 3.03. The van der Waals surface area contributed by atoms with E-state index in [9.17, 15) is 9.59 Å². The van der Waals surface area contributed by atoms with Gasteiger partial charge in [-0.2, -0.15) is 15.0 Å². The molecule has 1 aliphatic carbocycles. The van der Waals surface area contributed by atoms with Crippen LogP contribution in [0.3, 0.4) is 0 Å². The number of aromatic nitrogens is 3. The number of anilines is 3. The third kappa shape index (κ3) is 5.99. The number of amides is 1. The number of nitrogens with two attached hydrogens (primary N) is 1. The van der Waals surface area contributed by atoms with E-state index in [1.165, 1.54) is 20.3 Å². The van der Waals surface area contributed by atoms with Crippen molar-refractivity contribution in [2.24, 2.45) is 5.92 Å². The second-order valence-electron chi connectivity index (χ2n) is 7.96. The molecule has 33 heavy (non-hydrogen) atoms. The third-order valence-corrected chi connectivity index (χ3v) is 5.40. The molecule has 3 rings (SSSR count). The molecular formula is C22H30N6O5. The monoisotopic (exact) mass is 458 g/mol. The van der Waals surface area contributed by atoms with Gasteiger partial charge >= 0.3 is 5.97 Å². The SMILES string of the molecule is COc1cc(NC(=O)C2CCCCC2)c(C(=O)OCc2nc(N)nc(N(C)C)n2)cc1OC. The molecule has 1 saturated carbocycles. The number of methoxy groups -OCH3 is 2. The Morgan fingerprint density at radius 2 is 1.73 bits per heavy atom. The molecule has 0 radical (unpaired) electrons. The van der Waals surface area contributed by atoms with E-state index in [1.54, 1.807) is 25.1 Å². The predicted molar refractivity (Wildman–Crippen MR) is 122 cm³/mol. The summed E-state index contributed by atoms with van der Waals surface area (Å²) in [4.78, 5) is 39.7. The number of nitrogens with zero attached hydrogens (tertiary/aromatic N) is 4. The molecule has 178 valence electrons. The number of nitrogen functional groups attached to an aromatic ring is 1. The summed E-state index contributed by atoms with van der Waals surface area (Å²) in [6.45, 7) is -0.225. The molecule has 1 aliphatic rings. The van der Waals surface area contributed by atoms with Crippen LogP contribution in [-0.2, 0) is 16.1 Å². The Kier molecular flexibility index (Phi) is 7.86. The zero-order valence-electron chi connectivity index (χ0n) is 19.4. The summed E-state index contributed by atoms with van der Waals surface area (Å²) in [5, 5.41) is 2.88. The van der Waals surface area contributed by atoms with Gasteiger partial charge in [0.05, 0.1) is 25.5 Å². The number of carbonyl (C=O) groups is 2. The van der Waals surface area contributed by atoms with E-state index in [0.29, 0.717) is 17.4 Å². The lowest BCUT2D eigenvalue weighted by Gasteiger charge is -2.22. The number of hydrogen-bond acceptors (Lipinski definition) is 10. The van der Waals surface area contributed by atoms with Crippen molar-refractivity contribution in [3.8, 4) is 11.5 Å². The summed E-state index contributed by atoms with van der Waals surface area (Å²) in [7, 11) is 6.46. The van der Waals surface area contributed by atoms with Gasteiger partial charge in [-0.15, -0.1) is 0 Å². The fraction of sp³-hybridized carbons (Fsp3) is 0.500. The minimum Gasteiger partial charge on any atom is -0.493 e. The van der Waals surface area contributed by atoms with Crippen LogP contribution >= 0.6 is 0 Å². The van der Waals surface area contributed by atoms with Gasteiger partial charge < -0.3 is 30.2 Å². The third-order valence-electron chi connectivity index (χ3n) is 5.40. The molecule has 1 aromatic heterocycles. The highest BCUT2D eigenvalue weighted by Gasteiger charge is 2.25. The van der Waals surface area contributed by atoms with Crippen LogP contribution in [0.25, 0.3) is 0 Å². The van der Waals surface area contributed by atoms with E-state index in [2.05, 4.69) is 20.3 Å². The number of esters is 1. The Hall–Kier alpha value is -3.63. The molecule has 0 atom stereocenters. The molecular weight excluding hydrogens is 428 g/mol. The van der Waals surface area contributed by atoms with Crippen LogP contribution in [0, 0.1) is 5.92 Å². The Labute approximate surface area is 192 Å². The smallest absolute Gasteiger partial charge is 0.340 e. The summed E-state index contributed by atoms with van der Waals surface area (Å²) < 4.78 is 16.1. The zero-order valence-corrected chi connectivity index (χ0v) is 19.4. The summed E-state index contributed by atoms with van der Waals surface area (Å²) >= 11 is 0. The maximum atomic E-state index is 13.0. The Bertz CT molecular complexity index is 1010. The van der Waals surface area contributed by atoms with E-state index in [1.807, 2.05) is 0 Å². The first-order chi connectivity index (χ1) is 15.8. The first-order valence-corrected chi connectivity index (χ1v) is 10.7. The first-order valence-electron chi connectivity index (χ1n) is 10.7. The molecule has 1 aromatic carbocycles. The van der Waals surface area contributed by atoms with Gasteiger partial charge in [0.2, 0.25) is 17.8 Å². The molecule has 11 nitrogen and oxygen atoms in total. The molecule has 0 unspecified atom stereocenters. The van der Waals surface area contributed by atoms with Gasteiger partial charge in [-0.25, -0.2) is 4.79 Å². The average molecular weight is 459 g/mol. The normalized spacial score (nSPS) is 13.8. The fourth-order valence-electron chi connectivity index (χ4n) is 3.65. The van der Waals surface area contributed by atoms with Gasteiger partial charge in [0, 0.05) is 32.1 Å². The molecule has 1 amide bonds. The van der Waals surface area contributed by atoms with E-state index in [0.717, 1.165) is 32.1 Å².